The van der Waals surface area contributed by atoms with Gasteiger partial charge in [0.05, 0.1) is 103 Å². The van der Waals surface area contributed by atoms with E-state index in [2.05, 4.69) is 15.8 Å². The van der Waals surface area contributed by atoms with Crippen LogP contribution in [-0.4, -0.2) is 243 Å². The molecule has 5 N–H and O–H groups in total. The number of aliphatic hydroxyl groups is 2. The standard InChI is InChI=1S/C49H65ClF3N9O12.2CH4O/c1-58(48(68)38-6-7-42(50)40(32-38)41-35-56-45(49(51,52)53)33-39(41)34-54)43-4-2-3-5-44(43)73-23-8-46(65)55-9-24-69-26-28-71-30-31-72-29-27-70-25-10-57-74-37-62-17-14-60(20-22-64)12-11-59(19-21-63)13-15-61(16-18-62)36-47(66)67;2*1-2/h2-7,21-22,32-33,35,57H,8-20,23-31,36-37H2,1H3,(H,55,65)(H,66,67);2*2H,1H3. The number of hydrogen-bond acceptors (Lipinski definition) is 20. The number of hydrogen-bond donors (Lipinski definition) is 5. The molecule has 27 heteroatoms. The minimum absolute atomic E-state index is 0.000409. The number of carbonyl (C=O) groups excluding carboxylic acids is 4. The third kappa shape index (κ3) is 26.7. The number of hydroxylamine groups is 1. The first-order valence-electron chi connectivity index (χ1n) is 24.8. The van der Waals surface area contributed by atoms with Crippen LogP contribution in [0.1, 0.15) is 28.0 Å². The minimum atomic E-state index is -4.76. The number of carboxylic acids is 1. The predicted octanol–water partition coefficient (Wildman–Crippen LogP) is 1.92. The molecule has 0 bridgehead atoms. The Bertz CT molecular complexity index is 2270. The number of nitrogens with one attached hydrogen (secondary N) is 2. The van der Waals surface area contributed by atoms with E-state index in [0.717, 1.165) is 33.0 Å². The maximum atomic E-state index is 13.6. The van der Waals surface area contributed by atoms with Crippen molar-refractivity contribution < 1.29 is 81.0 Å². The first kappa shape index (κ1) is 68.3. The Morgan fingerprint density at radius 3 is 1.85 bits per heavy atom. The smallest absolute Gasteiger partial charge is 0.433 e. The molecule has 0 spiro atoms. The highest BCUT2D eigenvalue weighted by Crippen LogP contribution is 2.36. The van der Waals surface area contributed by atoms with E-state index in [1.165, 1.54) is 30.1 Å². The minimum Gasteiger partial charge on any atom is -0.491 e. The molecule has 2 heterocycles. The fourth-order valence-electron chi connectivity index (χ4n) is 7.26. The van der Waals surface area contributed by atoms with Crippen LogP contribution in [0.4, 0.5) is 18.9 Å². The first-order chi connectivity index (χ1) is 37.7. The lowest BCUT2D eigenvalue weighted by molar-refractivity contribution is -0.141. The summed E-state index contributed by atoms with van der Waals surface area (Å²) in [7, 11) is 3.51. The third-order valence-corrected chi connectivity index (χ3v) is 11.6. The van der Waals surface area contributed by atoms with E-state index in [1.807, 2.05) is 19.6 Å². The number of para-hydroxylation sites is 2. The highest BCUT2D eigenvalue weighted by atomic mass is 35.5. The summed E-state index contributed by atoms with van der Waals surface area (Å²) in [6.45, 7) is 8.50. The number of amides is 2. The summed E-state index contributed by atoms with van der Waals surface area (Å²) in [5, 5.41) is 35.8. The lowest BCUT2D eigenvalue weighted by Crippen LogP contribution is -2.48. The van der Waals surface area contributed by atoms with E-state index in [1.54, 1.807) is 30.3 Å². The second kappa shape index (κ2) is 40.4. The number of anilines is 1. The maximum absolute atomic E-state index is 13.6. The van der Waals surface area contributed by atoms with Crippen LogP contribution in [0.3, 0.4) is 0 Å². The molecule has 0 aliphatic carbocycles. The van der Waals surface area contributed by atoms with Crippen molar-refractivity contribution in [2.75, 3.05) is 177 Å². The number of aliphatic hydroxyl groups excluding tert-OH is 2. The van der Waals surface area contributed by atoms with Gasteiger partial charge >= 0.3 is 12.1 Å². The zero-order valence-corrected chi connectivity index (χ0v) is 45.1. The monoisotopic (exact) mass is 1130 g/mol. The number of pyridine rings is 1. The topological polar surface area (TPSA) is 278 Å². The van der Waals surface area contributed by atoms with Gasteiger partial charge in [0.15, 0.2) is 0 Å². The molecule has 2 aromatic carbocycles. The SMILES string of the molecule is CN(C(=O)c1ccc(Cl)c(-c2cnc(C(F)(F)F)cc2C#N)c1)c1ccccc1OCCC(=O)NCCOCCOCCOCCOCCNOCN1CCN(CC=O)CCN(CC=O)CCN(CC(=O)O)CC1.CO.CO. The Kier molecular flexibility index (Phi) is 35.4. The number of rotatable bonds is 31. The number of alkyl halides is 3. The van der Waals surface area contributed by atoms with Crippen LogP contribution in [-0.2, 0) is 49.1 Å². The van der Waals surface area contributed by atoms with Crippen LogP contribution in [0.5, 0.6) is 5.75 Å². The Morgan fingerprint density at radius 2 is 1.29 bits per heavy atom. The Labute approximate surface area is 457 Å². The second-order valence-corrected chi connectivity index (χ2v) is 16.9. The van der Waals surface area contributed by atoms with Crippen molar-refractivity contribution >= 4 is 47.6 Å². The number of carbonyl (C=O) groups is 5. The lowest BCUT2D eigenvalue weighted by Gasteiger charge is -2.32. The van der Waals surface area contributed by atoms with E-state index in [4.69, 9.17) is 50.3 Å². The molecule has 78 heavy (non-hydrogen) atoms. The van der Waals surface area contributed by atoms with Crippen LogP contribution in [0.2, 0.25) is 5.02 Å². The van der Waals surface area contributed by atoms with Gasteiger partial charge in [0.25, 0.3) is 5.91 Å². The van der Waals surface area contributed by atoms with Gasteiger partial charge in [-0.3, -0.25) is 43.8 Å². The van der Waals surface area contributed by atoms with Crippen LogP contribution in [0, 0.1) is 11.3 Å². The van der Waals surface area contributed by atoms with Crippen LogP contribution < -0.4 is 20.4 Å². The Hall–Kier alpha value is -5.77. The summed E-state index contributed by atoms with van der Waals surface area (Å²) in [5.41, 5.74) is 2.03. The molecule has 1 saturated heterocycles. The van der Waals surface area contributed by atoms with Crippen molar-refractivity contribution in [3.8, 4) is 22.9 Å². The van der Waals surface area contributed by atoms with Crippen LogP contribution in [0.25, 0.3) is 11.1 Å². The second-order valence-electron chi connectivity index (χ2n) is 16.5. The maximum Gasteiger partial charge on any atom is 0.433 e. The molecule has 1 aliphatic heterocycles. The molecule has 3 aromatic rings. The van der Waals surface area contributed by atoms with Gasteiger partial charge in [-0.25, -0.2) is 0 Å². The summed E-state index contributed by atoms with van der Waals surface area (Å²) in [6, 6.07) is 13.3. The third-order valence-electron chi connectivity index (χ3n) is 11.3. The molecule has 1 aliphatic rings. The number of ether oxygens (including phenoxy) is 5. The highest BCUT2D eigenvalue weighted by molar-refractivity contribution is 6.33. The summed E-state index contributed by atoms with van der Waals surface area (Å²) in [4.78, 5) is 78.4. The normalized spacial score (nSPS) is 14.0. The highest BCUT2D eigenvalue weighted by Gasteiger charge is 2.33. The van der Waals surface area contributed by atoms with Crippen LogP contribution in [0.15, 0.2) is 54.7 Å². The number of aromatic nitrogens is 1. The number of benzene rings is 2. The van der Waals surface area contributed by atoms with Gasteiger partial charge < -0.3 is 58.8 Å². The predicted molar refractivity (Wildman–Crippen MR) is 281 cm³/mol. The first-order valence-corrected chi connectivity index (χ1v) is 25.2. The molecule has 1 fully saturated rings. The molecule has 434 valence electrons. The molecule has 0 unspecified atom stereocenters. The van der Waals surface area contributed by atoms with E-state index in [9.17, 15) is 47.5 Å². The number of carboxylic acid groups (broad SMARTS) is 1. The molecule has 23 nitrogen and oxygen atoms in total. The van der Waals surface area contributed by atoms with Crippen LogP contribution >= 0.6 is 11.6 Å². The zero-order chi connectivity index (χ0) is 57.6. The fraction of sp³-hybridized carbons (Fsp3) is 0.549. The number of aliphatic carboxylic acids is 1. The van der Waals surface area contributed by atoms with Crippen molar-refractivity contribution in [3.05, 3.63) is 76.6 Å². The Balaban J connectivity index is 0.00000508. The van der Waals surface area contributed by atoms with E-state index in [0.29, 0.717) is 123 Å². The molecule has 0 atom stereocenters. The van der Waals surface area contributed by atoms with E-state index in [-0.39, 0.29) is 85.7 Å². The summed E-state index contributed by atoms with van der Waals surface area (Å²) < 4.78 is 67.8. The molecule has 4 rings (SSSR count). The molecular formula is C51H73ClF3N9O14. The molecular weight excluding hydrogens is 1060 g/mol. The van der Waals surface area contributed by atoms with E-state index >= 15 is 0 Å². The van der Waals surface area contributed by atoms with Gasteiger partial charge in [0.1, 0.15) is 30.7 Å². The van der Waals surface area contributed by atoms with Gasteiger partial charge in [-0.05, 0) is 36.4 Å². The average Bonchev–Trinajstić information content (AvgIpc) is 3.43. The molecule has 2 amide bonds. The van der Waals surface area contributed by atoms with Crippen molar-refractivity contribution in [2.24, 2.45) is 0 Å². The average molecular weight is 1130 g/mol. The zero-order valence-electron chi connectivity index (χ0n) is 44.3. The summed E-state index contributed by atoms with van der Waals surface area (Å²) in [5.74, 6) is -1.38. The van der Waals surface area contributed by atoms with Gasteiger partial charge in [-0.2, -0.15) is 23.9 Å². The number of aldehydes is 2. The fourth-order valence-corrected chi connectivity index (χ4v) is 7.48. The summed E-state index contributed by atoms with van der Waals surface area (Å²) >= 11 is 6.37. The van der Waals surface area contributed by atoms with Gasteiger partial charge in [-0.15, -0.1) is 0 Å². The molecule has 1 aromatic heterocycles. The van der Waals surface area contributed by atoms with Crippen molar-refractivity contribution in [1.82, 2.24) is 35.4 Å². The quantitative estimate of drug-likeness (QED) is 0.0350. The summed E-state index contributed by atoms with van der Waals surface area (Å²) in [6.07, 6.45) is -2.15. The van der Waals surface area contributed by atoms with Gasteiger partial charge in [-0.1, -0.05) is 23.7 Å². The molecule has 0 saturated carbocycles. The van der Waals surface area contributed by atoms with Crippen molar-refractivity contribution in [3.63, 3.8) is 0 Å². The lowest BCUT2D eigenvalue weighted by atomic mass is 9.99. The molecule has 0 radical (unpaired) electrons. The largest absolute Gasteiger partial charge is 0.491 e. The van der Waals surface area contributed by atoms with Gasteiger partial charge in [0, 0.05) is 115 Å². The number of nitriles is 1. The van der Waals surface area contributed by atoms with Gasteiger partial charge in [0.2, 0.25) is 5.91 Å². The number of halogens is 4. The van der Waals surface area contributed by atoms with E-state index < -0.39 is 23.7 Å². The van der Waals surface area contributed by atoms with Crippen molar-refractivity contribution in [1.29, 1.82) is 5.26 Å². The Morgan fingerprint density at radius 1 is 0.756 bits per heavy atom. The number of nitrogens with zero attached hydrogens (tertiary/aromatic N) is 7. The van der Waals surface area contributed by atoms with Crippen molar-refractivity contribution in [2.45, 2.75) is 12.6 Å².